The van der Waals surface area contributed by atoms with Crippen LogP contribution in [0.3, 0.4) is 0 Å². The van der Waals surface area contributed by atoms with Gasteiger partial charge in [-0.2, -0.15) is 0 Å². The van der Waals surface area contributed by atoms with Crippen molar-refractivity contribution in [3.05, 3.63) is 47.7 Å². The molecule has 0 fully saturated rings. The van der Waals surface area contributed by atoms with E-state index in [0.29, 0.717) is 12.2 Å². The van der Waals surface area contributed by atoms with Crippen molar-refractivity contribution in [2.45, 2.75) is 19.4 Å². The lowest BCUT2D eigenvalue weighted by Gasteiger charge is -2.15. The van der Waals surface area contributed by atoms with Gasteiger partial charge < -0.3 is 15.6 Å². The molecule has 0 unspecified atom stereocenters. The summed E-state index contributed by atoms with van der Waals surface area (Å²) in [6, 6.07) is 9.49. The Morgan fingerprint density at radius 1 is 1.33 bits per heavy atom. The van der Waals surface area contributed by atoms with Crippen molar-refractivity contribution in [2.24, 2.45) is 5.73 Å². The average Bonchev–Trinajstić information content (AvgIpc) is 2.84. The molecule has 7 heteroatoms. The molecule has 21 heavy (non-hydrogen) atoms. The zero-order chi connectivity index (χ0) is 15.2. The summed E-state index contributed by atoms with van der Waals surface area (Å²) < 4.78 is 4.83. The van der Waals surface area contributed by atoms with Crippen LogP contribution in [-0.4, -0.2) is 23.1 Å². The van der Waals surface area contributed by atoms with Gasteiger partial charge in [0.2, 0.25) is 5.91 Å². The number of anilines is 1. The van der Waals surface area contributed by atoms with E-state index in [-0.39, 0.29) is 5.82 Å². The number of rotatable bonds is 5. The number of urea groups is 1. The van der Waals surface area contributed by atoms with E-state index in [4.69, 9.17) is 10.3 Å². The molecule has 1 aromatic heterocycles. The van der Waals surface area contributed by atoms with Gasteiger partial charge in [-0.15, -0.1) is 0 Å². The number of benzene rings is 1. The molecule has 0 spiro atoms. The number of hydrogen-bond donors (Lipinski definition) is 3. The minimum absolute atomic E-state index is 0.271. The molecule has 7 nitrogen and oxygen atoms in total. The summed E-state index contributed by atoms with van der Waals surface area (Å²) in [5.41, 5.74) is 6.22. The Labute approximate surface area is 121 Å². The van der Waals surface area contributed by atoms with Crippen molar-refractivity contribution >= 4 is 17.8 Å². The summed E-state index contributed by atoms with van der Waals surface area (Å²) in [6.07, 6.45) is 0.321. The van der Waals surface area contributed by atoms with E-state index < -0.39 is 18.0 Å². The second-order valence-corrected chi connectivity index (χ2v) is 4.57. The van der Waals surface area contributed by atoms with Crippen molar-refractivity contribution in [3.63, 3.8) is 0 Å². The Balaban J connectivity index is 1.96. The van der Waals surface area contributed by atoms with Crippen LogP contribution in [0.2, 0.25) is 0 Å². The monoisotopic (exact) mass is 288 g/mol. The van der Waals surface area contributed by atoms with Crippen LogP contribution in [0.25, 0.3) is 0 Å². The standard InChI is InChI=1S/C14H16N4O3/c1-9-7-12(18-21-9)17-14(20)16-11(13(15)19)8-10-5-3-2-4-6-10/h2-7,11H,8H2,1H3,(H2,15,19)(H2,16,17,18,20)/t11-/m1/s1. The van der Waals surface area contributed by atoms with E-state index in [2.05, 4.69) is 15.8 Å². The highest BCUT2D eigenvalue weighted by atomic mass is 16.5. The lowest BCUT2D eigenvalue weighted by molar-refractivity contribution is -0.119. The zero-order valence-electron chi connectivity index (χ0n) is 11.5. The Bertz CT molecular complexity index is 624. The van der Waals surface area contributed by atoms with E-state index >= 15 is 0 Å². The summed E-state index contributed by atoms with van der Waals surface area (Å²) in [7, 11) is 0. The Hall–Kier alpha value is -2.83. The molecule has 0 aliphatic heterocycles. The maximum absolute atomic E-state index is 11.8. The van der Waals surface area contributed by atoms with Gasteiger partial charge in [0.05, 0.1) is 0 Å². The van der Waals surface area contributed by atoms with Crippen LogP contribution in [0.15, 0.2) is 40.9 Å². The smallest absolute Gasteiger partial charge is 0.321 e. The van der Waals surface area contributed by atoms with Gasteiger partial charge in [0.25, 0.3) is 0 Å². The molecule has 1 atom stereocenters. The van der Waals surface area contributed by atoms with Crippen molar-refractivity contribution in [1.29, 1.82) is 0 Å². The highest BCUT2D eigenvalue weighted by molar-refractivity contribution is 5.92. The third-order valence-electron chi connectivity index (χ3n) is 2.80. The molecule has 0 bridgehead atoms. The predicted octanol–water partition coefficient (Wildman–Crippen LogP) is 1.20. The van der Waals surface area contributed by atoms with Crippen LogP contribution in [0.5, 0.6) is 0 Å². The molecule has 0 aliphatic carbocycles. The fourth-order valence-electron chi connectivity index (χ4n) is 1.81. The van der Waals surface area contributed by atoms with Gasteiger partial charge in [-0.1, -0.05) is 35.5 Å². The fourth-order valence-corrected chi connectivity index (χ4v) is 1.81. The molecule has 4 N–H and O–H groups in total. The van der Waals surface area contributed by atoms with E-state index in [9.17, 15) is 9.59 Å². The maximum Gasteiger partial charge on any atom is 0.321 e. The highest BCUT2D eigenvalue weighted by Crippen LogP contribution is 2.07. The maximum atomic E-state index is 11.8. The van der Waals surface area contributed by atoms with Crippen LogP contribution in [0, 0.1) is 6.92 Å². The molecule has 2 rings (SSSR count). The average molecular weight is 288 g/mol. The second-order valence-electron chi connectivity index (χ2n) is 4.57. The molecule has 1 heterocycles. The topological polar surface area (TPSA) is 110 Å². The van der Waals surface area contributed by atoms with Gasteiger partial charge in [0, 0.05) is 12.5 Å². The zero-order valence-corrected chi connectivity index (χ0v) is 11.5. The summed E-state index contributed by atoms with van der Waals surface area (Å²) in [5.74, 6) is 0.235. The number of carbonyl (C=O) groups excluding carboxylic acids is 2. The van der Waals surface area contributed by atoms with E-state index in [1.807, 2.05) is 30.3 Å². The summed E-state index contributed by atoms with van der Waals surface area (Å²) in [4.78, 5) is 23.3. The van der Waals surface area contributed by atoms with Gasteiger partial charge in [-0.05, 0) is 12.5 Å². The molecule has 2 aromatic rings. The molecule has 3 amide bonds. The number of nitrogens with one attached hydrogen (secondary N) is 2. The Morgan fingerprint density at radius 2 is 2.05 bits per heavy atom. The third-order valence-corrected chi connectivity index (χ3v) is 2.80. The van der Waals surface area contributed by atoms with Gasteiger partial charge >= 0.3 is 6.03 Å². The number of aromatic nitrogens is 1. The van der Waals surface area contributed by atoms with Crippen LogP contribution < -0.4 is 16.4 Å². The fraction of sp³-hybridized carbons (Fsp3) is 0.214. The van der Waals surface area contributed by atoms with Crippen molar-refractivity contribution < 1.29 is 14.1 Å². The number of nitrogens with two attached hydrogens (primary N) is 1. The molecular weight excluding hydrogens is 272 g/mol. The number of hydrogen-bond acceptors (Lipinski definition) is 4. The first kappa shape index (κ1) is 14.6. The van der Waals surface area contributed by atoms with Crippen LogP contribution >= 0.6 is 0 Å². The lowest BCUT2D eigenvalue weighted by atomic mass is 10.1. The largest absolute Gasteiger partial charge is 0.368 e. The number of primary amides is 1. The number of aryl methyl sites for hydroxylation is 1. The summed E-state index contributed by atoms with van der Waals surface area (Å²) in [6.45, 7) is 1.71. The normalized spacial score (nSPS) is 11.7. The van der Waals surface area contributed by atoms with Gasteiger partial charge in [-0.25, -0.2) is 4.79 Å². The molecule has 0 aliphatic rings. The molecule has 0 radical (unpaired) electrons. The van der Waals surface area contributed by atoms with Gasteiger partial charge in [0.1, 0.15) is 11.8 Å². The Morgan fingerprint density at radius 3 is 2.62 bits per heavy atom. The van der Waals surface area contributed by atoms with E-state index in [1.54, 1.807) is 13.0 Å². The second kappa shape index (κ2) is 6.56. The van der Waals surface area contributed by atoms with Crippen molar-refractivity contribution in [2.75, 3.05) is 5.32 Å². The van der Waals surface area contributed by atoms with Crippen LogP contribution in [0.1, 0.15) is 11.3 Å². The molecule has 1 aromatic carbocycles. The number of carbonyl (C=O) groups is 2. The van der Waals surface area contributed by atoms with Crippen LogP contribution in [0.4, 0.5) is 10.6 Å². The SMILES string of the molecule is Cc1cc(NC(=O)N[C@H](Cc2ccccc2)C(N)=O)no1. The predicted molar refractivity (Wildman–Crippen MR) is 76.5 cm³/mol. The van der Waals surface area contributed by atoms with Crippen molar-refractivity contribution in [3.8, 4) is 0 Å². The highest BCUT2D eigenvalue weighted by Gasteiger charge is 2.19. The molecular formula is C14H16N4O3. The quantitative estimate of drug-likeness (QED) is 0.767. The minimum Gasteiger partial charge on any atom is -0.368 e. The number of nitrogens with zero attached hydrogens (tertiary/aromatic N) is 1. The van der Waals surface area contributed by atoms with Crippen molar-refractivity contribution in [1.82, 2.24) is 10.5 Å². The third kappa shape index (κ3) is 4.34. The molecule has 0 saturated heterocycles. The minimum atomic E-state index is -0.805. The first-order valence-electron chi connectivity index (χ1n) is 6.38. The van der Waals surface area contributed by atoms with E-state index in [0.717, 1.165) is 5.56 Å². The first-order valence-corrected chi connectivity index (χ1v) is 6.38. The summed E-state index contributed by atoms with van der Waals surface area (Å²) >= 11 is 0. The lowest BCUT2D eigenvalue weighted by Crippen LogP contribution is -2.47. The van der Waals surface area contributed by atoms with Gasteiger partial charge in [-0.3, -0.25) is 10.1 Å². The van der Waals surface area contributed by atoms with Gasteiger partial charge in [0.15, 0.2) is 5.82 Å². The van der Waals surface area contributed by atoms with Crippen LogP contribution in [-0.2, 0) is 11.2 Å². The molecule has 110 valence electrons. The molecule has 0 saturated carbocycles. The first-order chi connectivity index (χ1) is 10.0. The number of amides is 3. The Kier molecular flexibility index (Phi) is 4.55. The van der Waals surface area contributed by atoms with E-state index in [1.165, 1.54) is 0 Å². The summed E-state index contributed by atoms with van der Waals surface area (Å²) in [5, 5.41) is 8.62.